The standard InChI is InChI=1S/C16H32N2O2/c1-7-10-18(13(4)5)14-8-9-16(11-14,15(19)20-6)17-12(2)3/h12-14,17H,7-11H2,1-6H3. The number of esters is 1. The normalized spacial score (nSPS) is 26.8. The van der Waals surface area contributed by atoms with Crippen molar-refractivity contribution in [1.82, 2.24) is 10.2 Å². The molecule has 0 spiro atoms. The van der Waals surface area contributed by atoms with Crippen LogP contribution >= 0.6 is 0 Å². The molecule has 2 atom stereocenters. The van der Waals surface area contributed by atoms with E-state index in [-0.39, 0.29) is 12.0 Å². The van der Waals surface area contributed by atoms with Crippen LogP contribution in [0.4, 0.5) is 0 Å². The Morgan fingerprint density at radius 3 is 2.50 bits per heavy atom. The van der Waals surface area contributed by atoms with Gasteiger partial charge >= 0.3 is 5.97 Å². The van der Waals surface area contributed by atoms with E-state index in [1.807, 2.05) is 0 Å². The van der Waals surface area contributed by atoms with Crippen LogP contribution in [0.3, 0.4) is 0 Å². The molecule has 20 heavy (non-hydrogen) atoms. The van der Waals surface area contributed by atoms with Gasteiger partial charge in [-0.3, -0.25) is 15.0 Å². The molecule has 0 heterocycles. The van der Waals surface area contributed by atoms with Crippen LogP contribution < -0.4 is 5.32 Å². The quantitative estimate of drug-likeness (QED) is 0.730. The summed E-state index contributed by atoms with van der Waals surface area (Å²) in [6.45, 7) is 12.0. The number of hydrogen-bond donors (Lipinski definition) is 1. The van der Waals surface area contributed by atoms with Crippen molar-refractivity contribution in [3.8, 4) is 0 Å². The number of nitrogens with one attached hydrogen (secondary N) is 1. The fourth-order valence-corrected chi connectivity index (χ4v) is 3.55. The first-order chi connectivity index (χ1) is 9.36. The van der Waals surface area contributed by atoms with Crippen LogP contribution in [0.5, 0.6) is 0 Å². The van der Waals surface area contributed by atoms with Gasteiger partial charge in [0.2, 0.25) is 0 Å². The number of ether oxygens (including phenoxy) is 1. The summed E-state index contributed by atoms with van der Waals surface area (Å²) >= 11 is 0. The lowest BCUT2D eigenvalue weighted by Gasteiger charge is -2.35. The lowest BCUT2D eigenvalue weighted by Crippen LogP contribution is -2.54. The average Bonchev–Trinajstić information content (AvgIpc) is 2.78. The summed E-state index contributed by atoms with van der Waals surface area (Å²) in [5.41, 5.74) is -0.492. The van der Waals surface area contributed by atoms with E-state index in [1.54, 1.807) is 0 Å². The van der Waals surface area contributed by atoms with Crippen LogP contribution in [-0.2, 0) is 9.53 Å². The van der Waals surface area contributed by atoms with Gasteiger partial charge in [-0.15, -0.1) is 0 Å². The number of carbonyl (C=O) groups excluding carboxylic acids is 1. The molecule has 0 amide bonds. The van der Waals surface area contributed by atoms with Crippen LogP contribution in [0.1, 0.15) is 60.3 Å². The van der Waals surface area contributed by atoms with Crippen LogP contribution in [0.25, 0.3) is 0 Å². The highest BCUT2D eigenvalue weighted by Crippen LogP contribution is 2.35. The maximum Gasteiger partial charge on any atom is 0.326 e. The molecular weight excluding hydrogens is 252 g/mol. The van der Waals surface area contributed by atoms with Crippen molar-refractivity contribution >= 4 is 5.97 Å². The Morgan fingerprint density at radius 2 is 2.05 bits per heavy atom. The van der Waals surface area contributed by atoms with E-state index < -0.39 is 5.54 Å². The molecule has 0 bridgehead atoms. The van der Waals surface area contributed by atoms with Crippen molar-refractivity contribution < 1.29 is 9.53 Å². The number of hydrogen-bond acceptors (Lipinski definition) is 4. The van der Waals surface area contributed by atoms with Gasteiger partial charge in [0.25, 0.3) is 0 Å². The fourth-order valence-electron chi connectivity index (χ4n) is 3.55. The molecule has 1 rings (SSSR count). The Morgan fingerprint density at radius 1 is 1.40 bits per heavy atom. The Labute approximate surface area is 124 Å². The van der Waals surface area contributed by atoms with Gasteiger partial charge in [-0.05, 0) is 59.9 Å². The van der Waals surface area contributed by atoms with Gasteiger partial charge in [-0.2, -0.15) is 0 Å². The zero-order valence-corrected chi connectivity index (χ0v) is 14.0. The Balaban J connectivity index is 2.85. The third kappa shape index (κ3) is 3.95. The number of carbonyl (C=O) groups is 1. The van der Waals surface area contributed by atoms with E-state index in [4.69, 9.17) is 4.74 Å². The molecule has 0 aromatic rings. The molecule has 0 aromatic heterocycles. The summed E-state index contributed by atoms with van der Waals surface area (Å²) in [5, 5.41) is 3.47. The first-order valence-corrected chi connectivity index (χ1v) is 7.98. The minimum atomic E-state index is -0.492. The molecule has 1 aliphatic carbocycles. The summed E-state index contributed by atoms with van der Waals surface area (Å²) < 4.78 is 5.07. The van der Waals surface area contributed by atoms with Gasteiger partial charge in [0.1, 0.15) is 5.54 Å². The minimum Gasteiger partial charge on any atom is -0.468 e. The lowest BCUT2D eigenvalue weighted by molar-refractivity contribution is -0.149. The third-order valence-electron chi connectivity index (χ3n) is 4.24. The van der Waals surface area contributed by atoms with Gasteiger partial charge in [0.05, 0.1) is 7.11 Å². The number of methoxy groups -OCH3 is 1. The van der Waals surface area contributed by atoms with Gasteiger partial charge in [-0.25, -0.2) is 0 Å². The van der Waals surface area contributed by atoms with Crippen LogP contribution in [0, 0.1) is 0 Å². The van der Waals surface area contributed by atoms with E-state index in [0.717, 1.165) is 32.2 Å². The van der Waals surface area contributed by atoms with Crippen molar-refractivity contribution in [3.63, 3.8) is 0 Å². The molecule has 1 aliphatic rings. The predicted octanol–water partition coefficient (Wildman–Crippen LogP) is 2.57. The molecule has 1 N–H and O–H groups in total. The summed E-state index contributed by atoms with van der Waals surface area (Å²) in [6, 6.07) is 1.28. The molecule has 4 heteroatoms. The Bertz CT molecular complexity index is 318. The van der Waals surface area contributed by atoms with Crippen LogP contribution in [0.15, 0.2) is 0 Å². The molecule has 0 aliphatic heterocycles. The van der Waals surface area contributed by atoms with E-state index in [9.17, 15) is 4.79 Å². The van der Waals surface area contributed by atoms with Crippen molar-refractivity contribution in [3.05, 3.63) is 0 Å². The third-order valence-corrected chi connectivity index (χ3v) is 4.24. The zero-order valence-electron chi connectivity index (χ0n) is 14.0. The highest BCUT2D eigenvalue weighted by Gasteiger charge is 2.48. The predicted molar refractivity (Wildman–Crippen MR) is 82.8 cm³/mol. The Hall–Kier alpha value is -0.610. The maximum absolute atomic E-state index is 12.3. The first kappa shape index (κ1) is 17.4. The monoisotopic (exact) mass is 284 g/mol. The molecule has 118 valence electrons. The summed E-state index contributed by atoms with van der Waals surface area (Å²) in [6.07, 6.45) is 3.94. The van der Waals surface area contributed by atoms with E-state index in [0.29, 0.717) is 12.1 Å². The lowest BCUT2D eigenvalue weighted by atomic mass is 9.95. The first-order valence-electron chi connectivity index (χ1n) is 7.98. The van der Waals surface area contributed by atoms with E-state index in [2.05, 4.69) is 44.8 Å². The summed E-state index contributed by atoms with van der Waals surface area (Å²) in [5.74, 6) is -0.103. The highest BCUT2D eigenvalue weighted by atomic mass is 16.5. The van der Waals surface area contributed by atoms with Gasteiger partial charge in [0, 0.05) is 18.1 Å². The highest BCUT2D eigenvalue weighted by molar-refractivity contribution is 5.81. The SMILES string of the molecule is CCCN(C(C)C)C1CCC(NC(C)C)(C(=O)OC)C1. The van der Waals surface area contributed by atoms with Gasteiger partial charge < -0.3 is 4.74 Å². The molecule has 0 radical (unpaired) electrons. The second kappa shape index (κ2) is 7.41. The summed E-state index contributed by atoms with van der Waals surface area (Å²) in [7, 11) is 1.49. The van der Waals surface area contributed by atoms with Crippen molar-refractivity contribution in [2.24, 2.45) is 0 Å². The second-order valence-corrected chi connectivity index (χ2v) is 6.60. The molecule has 1 saturated carbocycles. The Kier molecular flexibility index (Phi) is 6.46. The molecule has 1 fully saturated rings. The fraction of sp³-hybridized carbons (Fsp3) is 0.938. The van der Waals surface area contributed by atoms with Crippen LogP contribution in [0.2, 0.25) is 0 Å². The van der Waals surface area contributed by atoms with E-state index >= 15 is 0 Å². The largest absolute Gasteiger partial charge is 0.468 e. The second-order valence-electron chi connectivity index (χ2n) is 6.60. The number of rotatable bonds is 7. The van der Waals surface area contributed by atoms with E-state index in [1.165, 1.54) is 7.11 Å². The smallest absolute Gasteiger partial charge is 0.326 e. The minimum absolute atomic E-state index is 0.103. The average molecular weight is 284 g/mol. The van der Waals surface area contributed by atoms with Gasteiger partial charge in [-0.1, -0.05) is 6.92 Å². The molecule has 4 nitrogen and oxygen atoms in total. The molecule has 2 unspecified atom stereocenters. The molecule has 0 aromatic carbocycles. The topological polar surface area (TPSA) is 41.6 Å². The molecule has 0 saturated heterocycles. The van der Waals surface area contributed by atoms with Crippen molar-refractivity contribution in [2.75, 3.05) is 13.7 Å². The maximum atomic E-state index is 12.3. The summed E-state index contributed by atoms with van der Waals surface area (Å²) in [4.78, 5) is 14.8. The van der Waals surface area contributed by atoms with Crippen molar-refractivity contribution in [1.29, 1.82) is 0 Å². The number of nitrogens with zero attached hydrogens (tertiary/aromatic N) is 1. The van der Waals surface area contributed by atoms with Crippen LogP contribution in [-0.4, -0.2) is 48.2 Å². The van der Waals surface area contributed by atoms with Gasteiger partial charge in [0.15, 0.2) is 0 Å². The zero-order chi connectivity index (χ0) is 15.3. The van der Waals surface area contributed by atoms with Crippen molar-refractivity contribution in [2.45, 2.75) is 84.0 Å². The molecular formula is C16H32N2O2.